The summed E-state index contributed by atoms with van der Waals surface area (Å²) in [5.41, 5.74) is 4.28. The fraction of sp³-hybridized carbons (Fsp3) is 0.143. The van der Waals surface area contributed by atoms with Gasteiger partial charge in [0, 0.05) is 18.0 Å². The number of halogens is 2. The zero-order chi connectivity index (χ0) is 11.4. The molecule has 0 saturated carbocycles. The lowest BCUT2D eigenvalue weighted by Crippen LogP contribution is -1.95. The predicted octanol–water partition coefficient (Wildman–Crippen LogP) is 4.55. The summed E-state index contributed by atoms with van der Waals surface area (Å²) in [4.78, 5) is 8.76. The minimum absolute atomic E-state index is 0. The van der Waals surface area contributed by atoms with Crippen molar-refractivity contribution in [3.63, 3.8) is 0 Å². The Morgan fingerprint density at radius 3 is 1.50 bits per heavy atom. The van der Waals surface area contributed by atoms with E-state index in [4.69, 9.17) is 0 Å². The van der Waals surface area contributed by atoms with Gasteiger partial charge in [0.25, 0.3) is 0 Å². The molecule has 4 heteroatoms. The van der Waals surface area contributed by atoms with E-state index in [0.717, 1.165) is 17.0 Å². The van der Waals surface area contributed by atoms with Gasteiger partial charge in [0.1, 0.15) is 0 Å². The number of allylic oxidation sites excluding steroid dienone is 1. The van der Waals surface area contributed by atoms with E-state index in [1.165, 1.54) is 5.57 Å². The van der Waals surface area contributed by atoms with Gasteiger partial charge in [-0.3, -0.25) is 9.97 Å². The molecule has 0 amide bonds. The zero-order valence-corrected chi connectivity index (χ0v) is 15.0. The fourth-order valence-corrected chi connectivity index (χ4v) is 1.66. The van der Waals surface area contributed by atoms with Crippen LogP contribution in [-0.2, 0) is 0 Å². The maximum absolute atomic E-state index is 4.38. The highest BCUT2D eigenvalue weighted by atomic mass is 127. The lowest BCUT2D eigenvalue weighted by atomic mass is 10.0. The van der Waals surface area contributed by atoms with Gasteiger partial charge in [-0.05, 0) is 38.1 Å². The molecule has 0 atom stereocenters. The van der Waals surface area contributed by atoms with Crippen LogP contribution in [0.15, 0.2) is 54.4 Å². The van der Waals surface area contributed by atoms with Crippen molar-refractivity contribution in [2.45, 2.75) is 13.8 Å². The normalized spacial score (nSPS) is 8.78. The van der Waals surface area contributed by atoms with Crippen LogP contribution in [0.2, 0.25) is 0 Å². The summed E-state index contributed by atoms with van der Waals surface area (Å²) in [5.74, 6) is 0. The van der Waals surface area contributed by atoms with E-state index < -0.39 is 0 Å². The Morgan fingerprint density at radius 1 is 0.778 bits per heavy atom. The van der Waals surface area contributed by atoms with Gasteiger partial charge >= 0.3 is 0 Å². The van der Waals surface area contributed by atoms with Gasteiger partial charge < -0.3 is 0 Å². The van der Waals surface area contributed by atoms with Crippen LogP contribution in [0, 0.1) is 0 Å². The van der Waals surface area contributed by atoms with Crippen LogP contribution < -0.4 is 0 Å². The predicted molar refractivity (Wildman–Crippen MR) is 96.7 cm³/mol. The largest absolute Gasteiger partial charge is 0.256 e. The molecule has 2 nitrogen and oxygen atoms in total. The summed E-state index contributed by atoms with van der Waals surface area (Å²) >= 11 is 0. The number of hydrogen-bond acceptors (Lipinski definition) is 2. The van der Waals surface area contributed by atoms with Crippen molar-refractivity contribution in [3.05, 3.63) is 65.8 Å². The highest BCUT2D eigenvalue weighted by Gasteiger charge is 2.08. The van der Waals surface area contributed by atoms with Gasteiger partial charge in [0.2, 0.25) is 0 Å². The third kappa shape index (κ3) is 4.31. The summed E-state index contributed by atoms with van der Waals surface area (Å²) in [6, 6.07) is 11.9. The number of hydrogen-bond donors (Lipinski definition) is 0. The van der Waals surface area contributed by atoms with Crippen molar-refractivity contribution in [1.29, 1.82) is 0 Å². The highest BCUT2D eigenvalue weighted by Crippen LogP contribution is 2.22. The Kier molecular flexibility index (Phi) is 8.34. The SMILES string of the molecule is CC(C)=C(c1ccccn1)c1ccccn1.I.I. The second-order valence-electron chi connectivity index (χ2n) is 3.80. The molecule has 0 aliphatic carbocycles. The minimum atomic E-state index is 0. The Bertz CT molecular complexity index is 450. The lowest BCUT2D eigenvalue weighted by molar-refractivity contribution is 1.20. The van der Waals surface area contributed by atoms with Gasteiger partial charge in [-0.25, -0.2) is 0 Å². The molecule has 0 bridgehead atoms. The van der Waals surface area contributed by atoms with Gasteiger partial charge in [-0.1, -0.05) is 17.7 Å². The van der Waals surface area contributed by atoms with Crippen LogP contribution in [0.3, 0.4) is 0 Å². The average molecular weight is 466 g/mol. The van der Waals surface area contributed by atoms with Crippen molar-refractivity contribution in [2.24, 2.45) is 0 Å². The van der Waals surface area contributed by atoms with Crippen molar-refractivity contribution >= 4 is 53.5 Å². The number of rotatable bonds is 2. The molecule has 0 aliphatic rings. The van der Waals surface area contributed by atoms with E-state index in [2.05, 4.69) is 23.8 Å². The summed E-state index contributed by atoms with van der Waals surface area (Å²) in [5, 5.41) is 0. The molecule has 96 valence electrons. The van der Waals surface area contributed by atoms with Crippen LogP contribution in [-0.4, -0.2) is 9.97 Å². The number of pyridine rings is 2. The minimum Gasteiger partial charge on any atom is -0.256 e. The van der Waals surface area contributed by atoms with E-state index in [9.17, 15) is 0 Å². The highest BCUT2D eigenvalue weighted by molar-refractivity contribution is 14.0. The third-order valence-corrected chi connectivity index (χ3v) is 2.34. The van der Waals surface area contributed by atoms with E-state index in [-0.39, 0.29) is 48.0 Å². The summed E-state index contributed by atoms with van der Waals surface area (Å²) in [7, 11) is 0. The smallest absolute Gasteiger partial charge is 0.0722 e. The van der Waals surface area contributed by atoms with Crippen LogP contribution in [0.4, 0.5) is 0 Å². The zero-order valence-electron chi connectivity index (χ0n) is 10.3. The third-order valence-electron chi connectivity index (χ3n) is 2.34. The molecule has 18 heavy (non-hydrogen) atoms. The van der Waals surface area contributed by atoms with Gasteiger partial charge in [-0.2, -0.15) is 0 Å². The van der Waals surface area contributed by atoms with Crippen molar-refractivity contribution in [2.75, 3.05) is 0 Å². The first-order valence-corrected chi connectivity index (χ1v) is 5.29. The van der Waals surface area contributed by atoms with Crippen molar-refractivity contribution in [1.82, 2.24) is 9.97 Å². The molecule has 0 spiro atoms. The molecule has 2 aromatic heterocycles. The summed E-state index contributed by atoms with van der Waals surface area (Å²) in [6.45, 7) is 4.16. The molecular formula is C14H16I2N2. The van der Waals surface area contributed by atoms with Crippen LogP contribution in [0.25, 0.3) is 5.57 Å². The number of nitrogens with zero attached hydrogens (tertiary/aromatic N) is 2. The van der Waals surface area contributed by atoms with Crippen molar-refractivity contribution < 1.29 is 0 Å². The molecular weight excluding hydrogens is 450 g/mol. The van der Waals surface area contributed by atoms with E-state index >= 15 is 0 Å². The van der Waals surface area contributed by atoms with Crippen LogP contribution >= 0.6 is 48.0 Å². The quantitative estimate of drug-likeness (QED) is 0.608. The summed E-state index contributed by atoms with van der Waals surface area (Å²) < 4.78 is 0. The Balaban J connectivity index is 0.00000144. The first-order chi connectivity index (χ1) is 7.79. The monoisotopic (exact) mass is 466 g/mol. The lowest BCUT2D eigenvalue weighted by Gasteiger charge is -2.08. The number of aromatic nitrogens is 2. The standard InChI is InChI=1S/C14H14N2.2HI/c1-11(2)14(12-7-3-5-9-15-12)13-8-4-6-10-16-13;;/h3-10H,1-2H3;2*1H. The first kappa shape index (κ1) is 17.5. The first-order valence-electron chi connectivity index (χ1n) is 5.29. The van der Waals surface area contributed by atoms with E-state index in [0.29, 0.717) is 0 Å². The summed E-state index contributed by atoms with van der Waals surface area (Å²) in [6.07, 6.45) is 3.61. The van der Waals surface area contributed by atoms with E-state index in [1.807, 2.05) is 36.4 Å². The Morgan fingerprint density at radius 2 is 1.22 bits per heavy atom. The molecule has 2 rings (SSSR count). The Hall–Kier alpha value is -0.500. The molecule has 0 unspecified atom stereocenters. The Labute approximate surface area is 142 Å². The molecule has 0 radical (unpaired) electrons. The maximum Gasteiger partial charge on any atom is 0.0722 e. The molecule has 0 aromatic carbocycles. The van der Waals surface area contributed by atoms with Crippen molar-refractivity contribution in [3.8, 4) is 0 Å². The van der Waals surface area contributed by atoms with E-state index in [1.54, 1.807) is 12.4 Å². The van der Waals surface area contributed by atoms with Crippen LogP contribution in [0.1, 0.15) is 25.2 Å². The van der Waals surface area contributed by atoms with Crippen LogP contribution in [0.5, 0.6) is 0 Å². The second kappa shape index (κ2) is 8.58. The maximum atomic E-state index is 4.38. The fourth-order valence-electron chi connectivity index (χ4n) is 1.66. The average Bonchev–Trinajstić information content (AvgIpc) is 2.31. The molecule has 2 heterocycles. The van der Waals surface area contributed by atoms with Gasteiger partial charge in [-0.15, -0.1) is 48.0 Å². The van der Waals surface area contributed by atoms with Gasteiger partial charge in [0.15, 0.2) is 0 Å². The molecule has 0 aliphatic heterocycles. The molecule has 0 saturated heterocycles. The topological polar surface area (TPSA) is 25.8 Å². The van der Waals surface area contributed by atoms with Gasteiger partial charge in [0.05, 0.1) is 11.4 Å². The molecule has 2 aromatic rings. The second-order valence-corrected chi connectivity index (χ2v) is 3.80. The molecule has 0 N–H and O–H groups in total. The molecule has 0 fully saturated rings.